The Morgan fingerprint density at radius 2 is 1.52 bits per heavy atom. The minimum Gasteiger partial charge on any atom is -0.508 e. The predicted octanol–water partition coefficient (Wildman–Crippen LogP) is 2.90. The van der Waals surface area contributed by atoms with E-state index in [1.54, 1.807) is 22.9 Å². The Labute approximate surface area is 122 Å². The fourth-order valence-corrected chi connectivity index (χ4v) is 2.12. The third kappa shape index (κ3) is 2.67. The molecule has 5 heteroatoms. The van der Waals surface area contributed by atoms with Crippen LogP contribution in [0.25, 0.3) is 22.5 Å². The number of aromatic nitrogens is 4. The van der Waals surface area contributed by atoms with Crippen LogP contribution in [-0.4, -0.2) is 25.3 Å². The lowest BCUT2D eigenvalue weighted by Gasteiger charge is -2.05. The van der Waals surface area contributed by atoms with Crippen LogP contribution < -0.4 is 0 Å². The molecular formula is C16H14N4O. The molecule has 0 unspecified atom stereocenters. The van der Waals surface area contributed by atoms with Crippen molar-refractivity contribution in [2.24, 2.45) is 0 Å². The third-order valence-electron chi connectivity index (χ3n) is 3.18. The van der Waals surface area contributed by atoms with E-state index in [1.807, 2.05) is 36.4 Å². The zero-order valence-corrected chi connectivity index (χ0v) is 11.3. The molecule has 0 radical (unpaired) electrons. The average Bonchev–Trinajstić information content (AvgIpc) is 2.97. The molecule has 2 aromatic carbocycles. The van der Waals surface area contributed by atoms with Gasteiger partial charge in [-0.15, -0.1) is 11.7 Å². The fourth-order valence-electron chi connectivity index (χ4n) is 2.12. The second-order valence-corrected chi connectivity index (χ2v) is 4.60. The number of phenolic OH excluding ortho intramolecular Hbond substituents is 1. The van der Waals surface area contributed by atoms with Crippen molar-refractivity contribution in [3.63, 3.8) is 0 Å². The van der Waals surface area contributed by atoms with Gasteiger partial charge >= 0.3 is 0 Å². The van der Waals surface area contributed by atoms with Crippen molar-refractivity contribution in [3.05, 3.63) is 61.2 Å². The van der Waals surface area contributed by atoms with Crippen LogP contribution >= 0.6 is 0 Å². The first-order valence-electron chi connectivity index (χ1n) is 6.55. The molecule has 5 nitrogen and oxygen atoms in total. The van der Waals surface area contributed by atoms with E-state index in [4.69, 9.17) is 0 Å². The van der Waals surface area contributed by atoms with Crippen LogP contribution in [0, 0.1) is 0 Å². The maximum atomic E-state index is 9.32. The van der Waals surface area contributed by atoms with Crippen molar-refractivity contribution < 1.29 is 5.11 Å². The first-order chi connectivity index (χ1) is 10.3. The highest BCUT2D eigenvalue weighted by Gasteiger charge is 2.08. The van der Waals surface area contributed by atoms with E-state index in [0.29, 0.717) is 12.4 Å². The summed E-state index contributed by atoms with van der Waals surface area (Å²) in [6, 6.07) is 15.1. The van der Waals surface area contributed by atoms with E-state index < -0.39 is 0 Å². The Kier molecular flexibility index (Phi) is 3.47. The van der Waals surface area contributed by atoms with Gasteiger partial charge in [0.15, 0.2) is 5.82 Å². The summed E-state index contributed by atoms with van der Waals surface area (Å²) in [7, 11) is 0. The molecule has 104 valence electrons. The molecule has 1 heterocycles. The summed E-state index contributed by atoms with van der Waals surface area (Å²) in [6.07, 6.45) is 1.75. The molecule has 3 rings (SSSR count). The van der Waals surface area contributed by atoms with E-state index in [1.165, 1.54) is 0 Å². The SMILES string of the molecule is C=CCn1nnnc1-c1ccc(-c2ccc(O)cc2)cc1. The molecule has 0 fully saturated rings. The van der Waals surface area contributed by atoms with Gasteiger partial charge in [0.2, 0.25) is 0 Å². The summed E-state index contributed by atoms with van der Waals surface area (Å²) in [5.74, 6) is 0.978. The van der Waals surface area contributed by atoms with Gasteiger partial charge in [0, 0.05) is 5.56 Å². The maximum Gasteiger partial charge on any atom is 0.182 e. The van der Waals surface area contributed by atoms with E-state index >= 15 is 0 Å². The fraction of sp³-hybridized carbons (Fsp3) is 0.0625. The quantitative estimate of drug-likeness (QED) is 0.745. The Morgan fingerprint density at radius 1 is 0.952 bits per heavy atom. The maximum absolute atomic E-state index is 9.32. The van der Waals surface area contributed by atoms with Gasteiger partial charge in [0.1, 0.15) is 5.75 Å². The van der Waals surface area contributed by atoms with Gasteiger partial charge in [0.05, 0.1) is 6.54 Å². The normalized spacial score (nSPS) is 10.5. The molecule has 0 spiro atoms. The van der Waals surface area contributed by atoms with E-state index in [-0.39, 0.29) is 5.75 Å². The van der Waals surface area contributed by atoms with Gasteiger partial charge in [-0.05, 0) is 33.7 Å². The second-order valence-electron chi connectivity index (χ2n) is 4.60. The Morgan fingerprint density at radius 3 is 2.14 bits per heavy atom. The predicted molar refractivity (Wildman–Crippen MR) is 80.6 cm³/mol. The van der Waals surface area contributed by atoms with Crippen LogP contribution in [0.3, 0.4) is 0 Å². The summed E-state index contributed by atoms with van der Waals surface area (Å²) in [5.41, 5.74) is 3.07. The van der Waals surface area contributed by atoms with Crippen LogP contribution in [0.1, 0.15) is 0 Å². The summed E-state index contributed by atoms with van der Waals surface area (Å²) in [4.78, 5) is 0. The topological polar surface area (TPSA) is 63.8 Å². The van der Waals surface area contributed by atoms with Gasteiger partial charge in [-0.1, -0.05) is 42.5 Å². The Balaban J connectivity index is 1.91. The number of nitrogens with zero attached hydrogens (tertiary/aromatic N) is 4. The highest BCUT2D eigenvalue weighted by atomic mass is 16.3. The summed E-state index contributed by atoms with van der Waals surface area (Å²) in [5, 5.41) is 21.0. The van der Waals surface area contributed by atoms with Crippen molar-refractivity contribution in [2.75, 3.05) is 0 Å². The molecule has 1 aromatic heterocycles. The van der Waals surface area contributed by atoms with Crippen molar-refractivity contribution in [1.82, 2.24) is 20.2 Å². The number of tetrazole rings is 1. The first kappa shape index (κ1) is 13.1. The second kappa shape index (κ2) is 5.58. The monoisotopic (exact) mass is 278 g/mol. The molecule has 1 N–H and O–H groups in total. The van der Waals surface area contributed by atoms with Crippen molar-refractivity contribution in [3.8, 4) is 28.3 Å². The summed E-state index contributed by atoms with van der Waals surface area (Å²) < 4.78 is 1.70. The van der Waals surface area contributed by atoms with Gasteiger partial charge < -0.3 is 5.11 Å². The number of allylic oxidation sites excluding steroid dienone is 1. The summed E-state index contributed by atoms with van der Waals surface area (Å²) >= 11 is 0. The Bertz CT molecular complexity index is 745. The lowest BCUT2D eigenvalue weighted by molar-refractivity contribution is 0.475. The molecule has 0 bridgehead atoms. The van der Waals surface area contributed by atoms with Gasteiger partial charge in [-0.3, -0.25) is 0 Å². The summed E-state index contributed by atoms with van der Waals surface area (Å²) in [6.45, 7) is 4.27. The molecule has 0 saturated carbocycles. The number of rotatable bonds is 4. The van der Waals surface area contributed by atoms with Crippen LogP contribution in [0.2, 0.25) is 0 Å². The Hall–Kier alpha value is -2.95. The number of hydrogen-bond acceptors (Lipinski definition) is 4. The molecule has 21 heavy (non-hydrogen) atoms. The molecule has 3 aromatic rings. The highest BCUT2D eigenvalue weighted by molar-refractivity contribution is 5.68. The number of hydrogen-bond donors (Lipinski definition) is 1. The van der Waals surface area contributed by atoms with E-state index in [9.17, 15) is 5.11 Å². The average molecular weight is 278 g/mol. The molecule has 0 aliphatic carbocycles. The van der Waals surface area contributed by atoms with Crippen molar-refractivity contribution >= 4 is 0 Å². The van der Waals surface area contributed by atoms with Crippen LogP contribution in [-0.2, 0) is 6.54 Å². The van der Waals surface area contributed by atoms with Gasteiger partial charge in [-0.2, -0.15) is 0 Å². The largest absolute Gasteiger partial charge is 0.508 e. The molecule has 0 atom stereocenters. The van der Waals surface area contributed by atoms with Crippen LogP contribution in [0.15, 0.2) is 61.2 Å². The highest BCUT2D eigenvalue weighted by Crippen LogP contribution is 2.24. The standard InChI is InChI=1S/C16H14N4O/c1-2-11-20-16(17-18-19-20)14-5-3-12(4-6-14)13-7-9-15(21)10-8-13/h2-10,21H,1,11H2. The van der Waals surface area contributed by atoms with E-state index in [0.717, 1.165) is 16.7 Å². The van der Waals surface area contributed by atoms with Crippen molar-refractivity contribution in [1.29, 1.82) is 0 Å². The minimum atomic E-state index is 0.263. The lowest BCUT2D eigenvalue weighted by Crippen LogP contribution is -2.00. The van der Waals surface area contributed by atoms with Gasteiger partial charge in [0.25, 0.3) is 0 Å². The number of benzene rings is 2. The minimum absolute atomic E-state index is 0.263. The van der Waals surface area contributed by atoms with Crippen LogP contribution in [0.4, 0.5) is 0 Å². The first-order valence-corrected chi connectivity index (χ1v) is 6.55. The van der Waals surface area contributed by atoms with Crippen molar-refractivity contribution in [2.45, 2.75) is 6.54 Å². The van der Waals surface area contributed by atoms with Crippen LogP contribution in [0.5, 0.6) is 5.75 Å². The smallest absolute Gasteiger partial charge is 0.182 e. The molecule has 0 saturated heterocycles. The van der Waals surface area contributed by atoms with E-state index in [2.05, 4.69) is 22.1 Å². The molecule has 0 aliphatic rings. The zero-order chi connectivity index (χ0) is 14.7. The number of aromatic hydroxyl groups is 1. The molecular weight excluding hydrogens is 264 g/mol. The lowest BCUT2D eigenvalue weighted by atomic mass is 10.0. The van der Waals surface area contributed by atoms with Gasteiger partial charge in [-0.25, -0.2) is 4.68 Å². The number of phenols is 1. The zero-order valence-electron chi connectivity index (χ0n) is 11.3. The third-order valence-corrected chi connectivity index (χ3v) is 3.18. The molecule has 0 amide bonds. The molecule has 0 aliphatic heterocycles.